The van der Waals surface area contributed by atoms with Crippen molar-refractivity contribution >= 4 is 23.8 Å². The van der Waals surface area contributed by atoms with Crippen LogP contribution in [0.4, 0.5) is 4.79 Å². The van der Waals surface area contributed by atoms with E-state index in [-0.39, 0.29) is 24.0 Å². The normalized spacial score (nSPS) is 20.2. The van der Waals surface area contributed by atoms with E-state index in [1.165, 1.54) is 0 Å². The highest BCUT2D eigenvalue weighted by atomic mass is 32.2. The minimum absolute atomic E-state index is 0.0232. The second-order valence-electron chi connectivity index (χ2n) is 5.22. The summed E-state index contributed by atoms with van der Waals surface area (Å²) in [5.74, 6) is 0.728. The van der Waals surface area contributed by atoms with E-state index in [0.29, 0.717) is 12.3 Å². The van der Waals surface area contributed by atoms with Crippen molar-refractivity contribution in [1.82, 2.24) is 10.2 Å². The molecule has 0 saturated carbocycles. The lowest BCUT2D eigenvalue weighted by Crippen LogP contribution is -2.56. The SMILES string of the molecule is CCC(C)(CC)NC(=O)N1CCSCC1CC(=O)O. The van der Waals surface area contributed by atoms with Crippen LogP contribution in [0.2, 0.25) is 0 Å². The topological polar surface area (TPSA) is 69.6 Å². The maximum Gasteiger partial charge on any atom is 0.318 e. The van der Waals surface area contributed by atoms with E-state index in [0.717, 1.165) is 18.6 Å². The third kappa shape index (κ3) is 4.60. The summed E-state index contributed by atoms with van der Waals surface area (Å²) in [6.07, 6.45) is 1.75. The van der Waals surface area contributed by atoms with Crippen LogP contribution in [0.5, 0.6) is 0 Å². The molecule has 1 heterocycles. The van der Waals surface area contributed by atoms with Crippen LogP contribution < -0.4 is 5.32 Å². The number of nitrogens with zero attached hydrogens (tertiary/aromatic N) is 1. The number of carbonyl (C=O) groups is 2. The van der Waals surface area contributed by atoms with Gasteiger partial charge in [0.2, 0.25) is 0 Å². The Bertz CT molecular complexity index is 332. The first-order chi connectivity index (χ1) is 8.91. The molecule has 1 aliphatic rings. The highest BCUT2D eigenvalue weighted by Gasteiger charge is 2.32. The maximum absolute atomic E-state index is 12.3. The highest BCUT2D eigenvalue weighted by molar-refractivity contribution is 7.99. The largest absolute Gasteiger partial charge is 0.481 e. The molecular weight excluding hydrogens is 264 g/mol. The van der Waals surface area contributed by atoms with Crippen LogP contribution in [-0.4, -0.2) is 51.6 Å². The van der Waals surface area contributed by atoms with Crippen molar-refractivity contribution in [2.45, 2.75) is 51.6 Å². The molecule has 0 aromatic heterocycles. The summed E-state index contributed by atoms with van der Waals surface area (Å²) in [5.41, 5.74) is -0.213. The van der Waals surface area contributed by atoms with E-state index in [1.807, 2.05) is 20.8 Å². The second kappa shape index (κ2) is 7.03. The first-order valence-electron chi connectivity index (χ1n) is 6.80. The predicted molar refractivity (Wildman–Crippen MR) is 77.6 cm³/mol. The van der Waals surface area contributed by atoms with Gasteiger partial charge in [-0.2, -0.15) is 11.8 Å². The van der Waals surface area contributed by atoms with E-state index in [1.54, 1.807) is 16.7 Å². The molecule has 1 atom stereocenters. The molecule has 2 amide bonds. The molecule has 0 aromatic carbocycles. The summed E-state index contributed by atoms with van der Waals surface area (Å²) < 4.78 is 0. The zero-order valence-corrected chi connectivity index (χ0v) is 12.8. The Hall–Kier alpha value is -0.910. The van der Waals surface area contributed by atoms with E-state index < -0.39 is 5.97 Å². The van der Waals surface area contributed by atoms with Gasteiger partial charge in [-0.25, -0.2) is 4.79 Å². The first kappa shape index (κ1) is 16.1. The van der Waals surface area contributed by atoms with Crippen LogP contribution in [0, 0.1) is 0 Å². The minimum atomic E-state index is -0.848. The smallest absolute Gasteiger partial charge is 0.318 e. The third-order valence-corrected chi connectivity index (χ3v) is 4.96. The first-order valence-corrected chi connectivity index (χ1v) is 7.95. The number of amides is 2. The minimum Gasteiger partial charge on any atom is -0.481 e. The Morgan fingerprint density at radius 2 is 2.05 bits per heavy atom. The molecule has 2 N–H and O–H groups in total. The van der Waals surface area contributed by atoms with Crippen LogP contribution in [0.15, 0.2) is 0 Å². The molecule has 19 heavy (non-hydrogen) atoms. The molecule has 0 radical (unpaired) electrons. The van der Waals surface area contributed by atoms with Gasteiger partial charge >= 0.3 is 12.0 Å². The number of thioether (sulfide) groups is 1. The Kier molecular flexibility index (Phi) is 5.97. The predicted octanol–water partition coefficient (Wildman–Crippen LogP) is 2.17. The van der Waals surface area contributed by atoms with Crippen molar-refractivity contribution < 1.29 is 14.7 Å². The van der Waals surface area contributed by atoms with Gasteiger partial charge in [0.1, 0.15) is 0 Å². The summed E-state index contributed by atoms with van der Waals surface area (Å²) in [5, 5.41) is 12.0. The molecule has 0 spiro atoms. The molecule has 1 unspecified atom stereocenters. The van der Waals surface area contributed by atoms with Crippen LogP contribution in [-0.2, 0) is 4.79 Å². The fourth-order valence-electron chi connectivity index (χ4n) is 2.05. The molecule has 6 heteroatoms. The average Bonchev–Trinajstić information content (AvgIpc) is 2.38. The van der Waals surface area contributed by atoms with Gasteiger partial charge in [0.05, 0.1) is 12.5 Å². The number of hydrogen-bond donors (Lipinski definition) is 2. The number of urea groups is 1. The van der Waals surface area contributed by atoms with Crippen molar-refractivity contribution in [1.29, 1.82) is 0 Å². The molecule has 1 fully saturated rings. The summed E-state index contributed by atoms with van der Waals surface area (Å²) in [7, 11) is 0. The molecule has 0 aliphatic carbocycles. The number of aliphatic carboxylic acids is 1. The average molecular weight is 288 g/mol. The lowest BCUT2D eigenvalue weighted by molar-refractivity contribution is -0.138. The molecule has 1 aliphatic heterocycles. The molecule has 1 saturated heterocycles. The van der Waals surface area contributed by atoms with Gasteiger partial charge in [-0.1, -0.05) is 13.8 Å². The van der Waals surface area contributed by atoms with Crippen molar-refractivity contribution in [3.8, 4) is 0 Å². The van der Waals surface area contributed by atoms with Gasteiger partial charge < -0.3 is 15.3 Å². The number of hydrogen-bond acceptors (Lipinski definition) is 3. The molecule has 0 aromatic rings. The summed E-state index contributed by atoms with van der Waals surface area (Å²) in [6, 6.07) is -0.327. The quantitative estimate of drug-likeness (QED) is 0.813. The van der Waals surface area contributed by atoms with E-state index in [9.17, 15) is 9.59 Å². The molecular formula is C13H24N2O3S. The zero-order chi connectivity index (χ0) is 14.5. The Morgan fingerprint density at radius 3 is 2.58 bits per heavy atom. The Balaban J connectivity index is 2.69. The van der Waals surface area contributed by atoms with Crippen LogP contribution >= 0.6 is 11.8 Å². The monoisotopic (exact) mass is 288 g/mol. The summed E-state index contributed by atoms with van der Waals surface area (Å²) in [6.45, 7) is 6.74. The van der Waals surface area contributed by atoms with Crippen molar-refractivity contribution in [2.75, 3.05) is 18.1 Å². The third-order valence-electron chi connectivity index (χ3n) is 3.87. The second-order valence-corrected chi connectivity index (χ2v) is 6.37. The number of carboxylic acids is 1. The van der Waals surface area contributed by atoms with Crippen LogP contribution in [0.1, 0.15) is 40.0 Å². The zero-order valence-electron chi connectivity index (χ0n) is 11.9. The highest BCUT2D eigenvalue weighted by Crippen LogP contribution is 2.21. The van der Waals surface area contributed by atoms with Crippen LogP contribution in [0.25, 0.3) is 0 Å². The Labute approximate surface area is 119 Å². The summed E-state index contributed by atoms with van der Waals surface area (Å²) >= 11 is 1.71. The van der Waals surface area contributed by atoms with E-state index in [2.05, 4.69) is 5.32 Å². The number of carbonyl (C=O) groups excluding carboxylic acids is 1. The van der Waals surface area contributed by atoms with E-state index >= 15 is 0 Å². The standard InChI is InChI=1S/C13H24N2O3S/c1-4-13(3,5-2)14-12(18)15-6-7-19-9-10(15)8-11(16)17/h10H,4-9H2,1-3H3,(H,14,18)(H,16,17). The van der Waals surface area contributed by atoms with Crippen molar-refractivity contribution in [3.63, 3.8) is 0 Å². The van der Waals surface area contributed by atoms with Crippen LogP contribution in [0.3, 0.4) is 0 Å². The summed E-state index contributed by atoms with van der Waals surface area (Å²) in [4.78, 5) is 24.9. The lowest BCUT2D eigenvalue weighted by atomic mass is 9.96. The lowest BCUT2D eigenvalue weighted by Gasteiger charge is -2.38. The van der Waals surface area contributed by atoms with Crippen molar-refractivity contribution in [3.05, 3.63) is 0 Å². The molecule has 5 nitrogen and oxygen atoms in total. The molecule has 1 rings (SSSR count). The molecule has 110 valence electrons. The van der Waals surface area contributed by atoms with E-state index in [4.69, 9.17) is 5.11 Å². The maximum atomic E-state index is 12.3. The number of nitrogens with one attached hydrogen (secondary N) is 1. The Morgan fingerprint density at radius 1 is 1.42 bits per heavy atom. The van der Waals surface area contributed by atoms with Gasteiger partial charge in [-0.3, -0.25) is 4.79 Å². The van der Waals surface area contributed by atoms with Gasteiger partial charge in [0.15, 0.2) is 0 Å². The van der Waals surface area contributed by atoms with Crippen molar-refractivity contribution in [2.24, 2.45) is 0 Å². The molecule has 0 bridgehead atoms. The fraction of sp³-hybridized carbons (Fsp3) is 0.846. The van der Waals surface area contributed by atoms with Gasteiger partial charge in [-0.05, 0) is 19.8 Å². The van der Waals surface area contributed by atoms with Gasteiger partial charge in [0.25, 0.3) is 0 Å². The fourth-order valence-corrected chi connectivity index (χ4v) is 3.11. The number of carboxylic acid groups (broad SMARTS) is 1. The van der Waals surface area contributed by atoms with Gasteiger partial charge in [0, 0.05) is 23.6 Å². The van der Waals surface area contributed by atoms with Gasteiger partial charge in [-0.15, -0.1) is 0 Å². The number of rotatable bonds is 5.